The van der Waals surface area contributed by atoms with E-state index in [1.54, 1.807) is 24.3 Å². The van der Waals surface area contributed by atoms with Gasteiger partial charge in [0, 0.05) is 13.5 Å². The maximum atomic E-state index is 10.2. The van der Waals surface area contributed by atoms with Gasteiger partial charge in [-0.1, -0.05) is 12.1 Å². The molecule has 0 radical (unpaired) electrons. The van der Waals surface area contributed by atoms with E-state index in [0.29, 0.717) is 6.42 Å². The first kappa shape index (κ1) is 12.4. The van der Waals surface area contributed by atoms with E-state index >= 15 is 0 Å². The zero-order chi connectivity index (χ0) is 11.0. The molecule has 0 aliphatic carbocycles. The van der Waals surface area contributed by atoms with Crippen molar-refractivity contribution in [3.8, 4) is 5.75 Å². The van der Waals surface area contributed by atoms with Gasteiger partial charge in [0.25, 0.3) is 0 Å². The molecule has 0 heterocycles. The first-order valence-corrected chi connectivity index (χ1v) is 4.13. The lowest BCUT2D eigenvalue weighted by molar-refractivity contribution is -0.136. The van der Waals surface area contributed by atoms with Gasteiger partial charge in [-0.25, -0.2) is 0 Å². The molecule has 1 aromatic rings. The van der Waals surface area contributed by atoms with Crippen molar-refractivity contribution in [3.05, 3.63) is 29.8 Å². The Kier molecular flexibility index (Phi) is 6.15. The van der Waals surface area contributed by atoms with Crippen LogP contribution in [0.25, 0.3) is 0 Å². The van der Waals surface area contributed by atoms with Crippen LogP contribution in [0.4, 0.5) is 0 Å². The van der Waals surface area contributed by atoms with E-state index in [-0.39, 0.29) is 12.2 Å². The van der Waals surface area contributed by atoms with E-state index in [4.69, 9.17) is 15.3 Å². The molecule has 1 aromatic carbocycles. The van der Waals surface area contributed by atoms with Crippen LogP contribution in [-0.4, -0.2) is 28.4 Å². The highest BCUT2D eigenvalue weighted by atomic mass is 16.4. The monoisotopic (exact) mass is 198 g/mol. The average molecular weight is 198 g/mol. The predicted octanol–water partition coefficient (Wildman–Crippen LogP) is 1.02. The second-order valence-corrected chi connectivity index (χ2v) is 2.56. The molecule has 0 atom stereocenters. The van der Waals surface area contributed by atoms with E-state index in [2.05, 4.69) is 0 Å². The number of hydrogen-bond acceptors (Lipinski definition) is 3. The third-order valence-electron chi connectivity index (χ3n) is 1.56. The van der Waals surface area contributed by atoms with Crippen LogP contribution in [0.5, 0.6) is 5.75 Å². The van der Waals surface area contributed by atoms with Crippen LogP contribution in [-0.2, 0) is 11.2 Å². The third kappa shape index (κ3) is 5.16. The smallest absolute Gasteiger partial charge is 0.303 e. The largest absolute Gasteiger partial charge is 0.508 e. The molecule has 78 valence electrons. The molecule has 0 aliphatic rings. The summed E-state index contributed by atoms with van der Waals surface area (Å²) in [6.45, 7) is 0. The molecule has 4 nitrogen and oxygen atoms in total. The van der Waals surface area contributed by atoms with Crippen LogP contribution in [0.3, 0.4) is 0 Å². The molecule has 0 aromatic heterocycles. The highest BCUT2D eigenvalue weighted by molar-refractivity contribution is 5.67. The first-order valence-electron chi connectivity index (χ1n) is 4.13. The van der Waals surface area contributed by atoms with Crippen molar-refractivity contribution in [2.24, 2.45) is 0 Å². The van der Waals surface area contributed by atoms with E-state index in [9.17, 15) is 4.79 Å². The number of carboxylic acids is 1. The Labute approximate surface area is 82.4 Å². The molecule has 1 rings (SSSR count). The Morgan fingerprint density at radius 3 is 2.14 bits per heavy atom. The van der Waals surface area contributed by atoms with E-state index in [0.717, 1.165) is 12.7 Å². The highest BCUT2D eigenvalue weighted by Crippen LogP contribution is 2.10. The number of benzene rings is 1. The summed E-state index contributed by atoms with van der Waals surface area (Å²) < 4.78 is 0. The van der Waals surface area contributed by atoms with Crippen LogP contribution in [0.2, 0.25) is 0 Å². The lowest BCUT2D eigenvalue weighted by atomic mass is 10.1. The fourth-order valence-corrected chi connectivity index (χ4v) is 0.914. The highest BCUT2D eigenvalue weighted by Gasteiger charge is 1.98. The number of phenols is 1. The summed E-state index contributed by atoms with van der Waals surface area (Å²) in [6.07, 6.45) is 0.639. The maximum absolute atomic E-state index is 10.2. The molecule has 0 bridgehead atoms. The van der Waals surface area contributed by atoms with Crippen molar-refractivity contribution in [3.63, 3.8) is 0 Å². The number of aliphatic hydroxyl groups is 1. The fraction of sp³-hybridized carbons (Fsp3) is 0.300. The Morgan fingerprint density at radius 2 is 1.71 bits per heavy atom. The predicted molar refractivity (Wildman–Crippen MR) is 52.2 cm³/mol. The Balaban J connectivity index is 0.000000791. The minimum atomic E-state index is -0.803. The summed E-state index contributed by atoms with van der Waals surface area (Å²) in [5, 5.41) is 24.3. The molecular weight excluding hydrogens is 184 g/mol. The Hall–Kier alpha value is -1.55. The molecule has 3 N–H and O–H groups in total. The Bertz CT molecular complexity index is 266. The second-order valence-electron chi connectivity index (χ2n) is 2.56. The summed E-state index contributed by atoms with van der Waals surface area (Å²) in [5.74, 6) is -0.600. The molecule has 14 heavy (non-hydrogen) atoms. The number of carboxylic acid groups (broad SMARTS) is 1. The van der Waals surface area contributed by atoms with Gasteiger partial charge in [0.1, 0.15) is 5.75 Å². The molecule has 0 amide bonds. The quantitative estimate of drug-likeness (QED) is 0.677. The minimum Gasteiger partial charge on any atom is -0.508 e. The Morgan fingerprint density at radius 1 is 1.21 bits per heavy atom. The summed E-state index contributed by atoms with van der Waals surface area (Å²) >= 11 is 0. The number of aliphatic carboxylic acids is 1. The molecule has 0 saturated carbocycles. The van der Waals surface area contributed by atoms with E-state index in [1.165, 1.54) is 0 Å². The van der Waals surface area contributed by atoms with Crippen molar-refractivity contribution in [2.45, 2.75) is 12.8 Å². The van der Waals surface area contributed by atoms with E-state index in [1.807, 2.05) is 0 Å². The van der Waals surface area contributed by atoms with Crippen LogP contribution < -0.4 is 0 Å². The van der Waals surface area contributed by atoms with E-state index < -0.39 is 5.97 Å². The standard InChI is InChI=1S/C9H10O3.CH4O/c10-8-4-1-7(2-5-8)3-6-9(11)12;1-2/h1-2,4-5,10H,3,6H2,(H,11,12);2H,1H3. The zero-order valence-corrected chi connectivity index (χ0v) is 7.97. The van der Waals surface area contributed by atoms with Crippen molar-refractivity contribution < 1.29 is 20.1 Å². The molecule has 0 spiro atoms. The number of aryl methyl sites for hydroxylation is 1. The summed E-state index contributed by atoms with van der Waals surface area (Å²) in [4.78, 5) is 10.2. The lowest BCUT2D eigenvalue weighted by Crippen LogP contribution is -1.96. The number of hydrogen-bond donors (Lipinski definition) is 3. The molecular formula is C10H14O4. The number of aliphatic hydroxyl groups excluding tert-OH is 1. The molecule has 4 heteroatoms. The first-order chi connectivity index (χ1) is 6.68. The van der Waals surface area contributed by atoms with Crippen LogP contribution in [0, 0.1) is 0 Å². The third-order valence-corrected chi connectivity index (χ3v) is 1.56. The zero-order valence-electron chi connectivity index (χ0n) is 7.97. The summed E-state index contributed by atoms with van der Waals surface area (Å²) in [6, 6.07) is 6.55. The SMILES string of the molecule is CO.O=C(O)CCc1ccc(O)cc1. The second kappa shape index (κ2) is 6.91. The van der Waals surface area contributed by atoms with Gasteiger partial charge in [-0.05, 0) is 24.1 Å². The average Bonchev–Trinajstić information content (AvgIpc) is 2.20. The van der Waals surface area contributed by atoms with Crippen LogP contribution >= 0.6 is 0 Å². The fourth-order valence-electron chi connectivity index (χ4n) is 0.914. The molecule has 0 aliphatic heterocycles. The van der Waals surface area contributed by atoms with Crippen molar-refractivity contribution in [1.29, 1.82) is 0 Å². The lowest BCUT2D eigenvalue weighted by Gasteiger charge is -1.97. The molecule has 0 fully saturated rings. The van der Waals surface area contributed by atoms with Gasteiger partial charge < -0.3 is 15.3 Å². The number of aromatic hydroxyl groups is 1. The van der Waals surface area contributed by atoms with Crippen LogP contribution in [0.1, 0.15) is 12.0 Å². The van der Waals surface area contributed by atoms with Gasteiger partial charge in [-0.15, -0.1) is 0 Å². The van der Waals surface area contributed by atoms with Gasteiger partial charge in [0.15, 0.2) is 0 Å². The molecule has 0 unspecified atom stereocenters. The van der Waals surface area contributed by atoms with Gasteiger partial charge in [0.2, 0.25) is 0 Å². The van der Waals surface area contributed by atoms with Gasteiger partial charge in [-0.3, -0.25) is 4.79 Å². The van der Waals surface area contributed by atoms with Crippen molar-refractivity contribution in [1.82, 2.24) is 0 Å². The maximum Gasteiger partial charge on any atom is 0.303 e. The van der Waals surface area contributed by atoms with Gasteiger partial charge in [-0.2, -0.15) is 0 Å². The topological polar surface area (TPSA) is 77.8 Å². The van der Waals surface area contributed by atoms with Crippen molar-refractivity contribution >= 4 is 5.97 Å². The normalized spacial score (nSPS) is 8.71. The molecule has 0 saturated heterocycles. The minimum absolute atomic E-state index is 0.130. The number of rotatable bonds is 3. The van der Waals surface area contributed by atoms with Crippen LogP contribution in [0.15, 0.2) is 24.3 Å². The summed E-state index contributed by atoms with van der Waals surface area (Å²) in [7, 11) is 1.00. The van der Waals surface area contributed by atoms with Gasteiger partial charge >= 0.3 is 5.97 Å². The number of phenolic OH excluding ortho intramolecular Hbond substituents is 1. The van der Waals surface area contributed by atoms with Gasteiger partial charge in [0.05, 0.1) is 0 Å². The number of carbonyl (C=O) groups is 1. The van der Waals surface area contributed by atoms with Crippen molar-refractivity contribution in [2.75, 3.05) is 7.11 Å². The summed E-state index contributed by atoms with van der Waals surface area (Å²) in [5.41, 5.74) is 0.926.